The lowest BCUT2D eigenvalue weighted by atomic mass is 10.1. The number of nitrogens with one attached hydrogen (secondary N) is 2. The zero-order valence-corrected chi connectivity index (χ0v) is 14.4. The van der Waals surface area contributed by atoms with Crippen molar-refractivity contribution < 1.29 is 9.63 Å². The maximum absolute atomic E-state index is 12.2. The minimum absolute atomic E-state index is 0.152. The minimum atomic E-state index is -0.257. The molecule has 2 N–H and O–H groups in total. The van der Waals surface area contributed by atoms with Gasteiger partial charge in [-0.3, -0.25) is 15.1 Å². The molecule has 0 saturated heterocycles. The van der Waals surface area contributed by atoms with Crippen LogP contribution in [0.5, 0.6) is 0 Å². The summed E-state index contributed by atoms with van der Waals surface area (Å²) < 4.78 is 0.760. The van der Waals surface area contributed by atoms with E-state index in [1.807, 2.05) is 48.5 Å². The van der Waals surface area contributed by atoms with Gasteiger partial charge in [0.25, 0.3) is 5.91 Å². The van der Waals surface area contributed by atoms with Crippen molar-refractivity contribution in [3.8, 4) is 0 Å². The van der Waals surface area contributed by atoms with E-state index in [-0.39, 0.29) is 12.0 Å². The molecule has 1 atom stereocenters. The van der Waals surface area contributed by atoms with Gasteiger partial charge in [-0.2, -0.15) is 0 Å². The van der Waals surface area contributed by atoms with Gasteiger partial charge < -0.3 is 5.32 Å². The molecule has 4 nitrogen and oxygen atoms in total. The van der Waals surface area contributed by atoms with Crippen molar-refractivity contribution in [1.82, 2.24) is 10.8 Å². The molecule has 2 aromatic carbocycles. The van der Waals surface area contributed by atoms with Crippen molar-refractivity contribution in [1.29, 1.82) is 0 Å². The van der Waals surface area contributed by atoms with E-state index >= 15 is 0 Å². The Labute approximate surface area is 147 Å². The second-order valence-electron chi connectivity index (χ2n) is 5.01. The molecule has 2 aromatic rings. The van der Waals surface area contributed by atoms with Crippen LogP contribution < -0.4 is 10.8 Å². The Morgan fingerprint density at radius 2 is 1.96 bits per heavy atom. The van der Waals surface area contributed by atoms with E-state index in [0.29, 0.717) is 17.1 Å². The fraction of sp³-hybridized carbons (Fsp3) is 0.118. The highest BCUT2D eigenvalue weighted by Crippen LogP contribution is 2.25. The summed E-state index contributed by atoms with van der Waals surface area (Å²) in [4.78, 5) is 17.6. The van der Waals surface area contributed by atoms with Gasteiger partial charge in [-0.05, 0) is 40.2 Å². The molecule has 118 valence electrons. The quantitative estimate of drug-likeness (QED) is 0.831. The van der Waals surface area contributed by atoms with E-state index in [4.69, 9.17) is 16.4 Å². The number of hydrogen-bond acceptors (Lipinski definition) is 3. The van der Waals surface area contributed by atoms with Gasteiger partial charge in [0.2, 0.25) is 0 Å². The second kappa shape index (κ2) is 7.17. The van der Waals surface area contributed by atoms with Crippen molar-refractivity contribution in [2.24, 2.45) is 0 Å². The summed E-state index contributed by atoms with van der Waals surface area (Å²) in [5, 5.41) is 3.50. The fourth-order valence-electron chi connectivity index (χ4n) is 2.25. The number of carbonyl (C=O) groups excluding carboxylic acids is 1. The highest BCUT2D eigenvalue weighted by molar-refractivity contribution is 9.10. The lowest BCUT2D eigenvalue weighted by Gasteiger charge is -2.10. The Kier molecular flexibility index (Phi) is 5.00. The van der Waals surface area contributed by atoms with E-state index in [0.717, 1.165) is 15.7 Å². The molecule has 3 rings (SSSR count). The van der Waals surface area contributed by atoms with Gasteiger partial charge in [0.1, 0.15) is 6.10 Å². The molecule has 0 fully saturated rings. The maximum atomic E-state index is 12.2. The summed E-state index contributed by atoms with van der Waals surface area (Å²) in [6, 6.07) is 14.8. The van der Waals surface area contributed by atoms with Crippen molar-refractivity contribution in [2.45, 2.75) is 6.10 Å². The van der Waals surface area contributed by atoms with Crippen LogP contribution in [0.1, 0.15) is 15.9 Å². The monoisotopic (exact) mass is 392 g/mol. The first-order chi connectivity index (χ1) is 11.1. The molecule has 1 heterocycles. The zero-order valence-electron chi connectivity index (χ0n) is 12.1. The molecule has 1 aliphatic rings. The van der Waals surface area contributed by atoms with Crippen LogP contribution >= 0.6 is 27.5 Å². The topological polar surface area (TPSA) is 50.4 Å². The third-order valence-electron chi connectivity index (χ3n) is 3.42. The lowest BCUT2D eigenvalue weighted by Crippen LogP contribution is -2.32. The molecule has 0 radical (unpaired) electrons. The summed E-state index contributed by atoms with van der Waals surface area (Å²) in [7, 11) is 0. The molecular weight excluding hydrogens is 380 g/mol. The molecule has 6 heteroatoms. The van der Waals surface area contributed by atoms with Crippen LogP contribution in [0.15, 0.2) is 59.1 Å². The van der Waals surface area contributed by atoms with Crippen LogP contribution in [0, 0.1) is 0 Å². The highest BCUT2D eigenvalue weighted by Gasteiger charge is 2.20. The van der Waals surface area contributed by atoms with Crippen molar-refractivity contribution in [3.05, 3.63) is 75.2 Å². The summed E-state index contributed by atoms with van der Waals surface area (Å²) >= 11 is 9.53. The Bertz CT molecular complexity index is 764. The number of rotatable bonds is 4. The van der Waals surface area contributed by atoms with Gasteiger partial charge in [-0.15, -0.1) is 0 Å². The van der Waals surface area contributed by atoms with Crippen LogP contribution in [0.25, 0.3) is 5.70 Å². The predicted octanol–water partition coefficient (Wildman–Crippen LogP) is 3.78. The normalized spacial score (nSPS) is 16.6. The number of hydroxylamine groups is 1. The molecule has 1 aliphatic heterocycles. The number of halogens is 2. The molecule has 0 saturated carbocycles. The number of benzene rings is 2. The Hall–Kier alpha value is -1.82. The van der Waals surface area contributed by atoms with Gasteiger partial charge in [0, 0.05) is 15.1 Å². The molecule has 0 bridgehead atoms. The number of hydrogen-bond donors (Lipinski definition) is 2. The van der Waals surface area contributed by atoms with E-state index in [1.165, 1.54) is 0 Å². The summed E-state index contributed by atoms with van der Waals surface area (Å²) in [6.45, 7) is 0.362. The third kappa shape index (κ3) is 3.75. The van der Waals surface area contributed by atoms with E-state index in [1.54, 1.807) is 6.07 Å². The third-order valence-corrected chi connectivity index (χ3v) is 4.44. The van der Waals surface area contributed by atoms with Gasteiger partial charge in [-0.1, -0.05) is 41.9 Å². The average molecular weight is 394 g/mol. The van der Waals surface area contributed by atoms with Crippen LogP contribution in [0.3, 0.4) is 0 Å². The molecule has 0 aliphatic carbocycles. The van der Waals surface area contributed by atoms with Crippen molar-refractivity contribution >= 4 is 39.1 Å². The van der Waals surface area contributed by atoms with Crippen LogP contribution in [-0.4, -0.2) is 18.6 Å². The Morgan fingerprint density at radius 1 is 1.22 bits per heavy atom. The van der Waals surface area contributed by atoms with Crippen molar-refractivity contribution in [3.63, 3.8) is 0 Å². The Morgan fingerprint density at radius 3 is 2.74 bits per heavy atom. The molecule has 1 amide bonds. The van der Waals surface area contributed by atoms with E-state index < -0.39 is 0 Å². The van der Waals surface area contributed by atoms with E-state index in [9.17, 15) is 4.79 Å². The molecule has 23 heavy (non-hydrogen) atoms. The number of amides is 1. The minimum Gasteiger partial charge on any atom is -0.349 e. The Balaban J connectivity index is 1.63. The summed E-state index contributed by atoms with van der Waals surface area (Å²) in [6.07, 6.45) is 1.65. The van der Waals surface area contributed by atoms with Crippen LogP contribution in [-0.2, 0) is 4.84 Å². The smallest absolute Gasteiger partial charge is 0.252 e. The first kappa shape index (κ1) is 16.1. The summed E-state index contributed by atoms with van der Waals surface area (Å²) in [5.74, 6) is -0.152. The maximum Gasteiger partial charge on any atom is 0.252 e. The molecule has 0 unspecified atom stereocenters. The molecule has 0 spiro atoms. The van der Waals surface area contributed by atoms with Crippen molar-refractivity contribution in [2.75, 3.05) is 6.54 Å². The van der Waals surface area contributed by atoms with Crippen LogP contribution in [0.4, 0.5) is 0 Å². The van der Waals surface area contributed by atoms with Gasteiger partial charge >= 0.3 is 0 Å². The van der Waals surface area contributed by atoms with Gasteiger partial charge in [0.05, 0.1) is 17.8 Å². The van der Waals surface area contributed by atoms with Crippen LogP contribution in [0.2, 0.25) is 5.02 Å². The summed E-state index contributed by atoms with van der Waals surface area (Å²) in [5.41, 5.74) is 5.12. The fourth-order valence-corrected chi connectivity index (χ4v) is 2.95. The predicted molar refractivity (Wildman–Crippen MR) is 93.9 cm³/mol. The van der Waals surface area contributed by atoms with Gasteiger partial charge in [-0.25, -0.2) is 0 Å². The first-order valence-electron chi connectivity index (χ1n) is 7.06. The first-order valence-corrected chi connectivity index (χ1v) is 8.23. The SMILES string of the molecule is O=C(NC[C@H]1C=C(c2ccccc2Cl)NO1)c1ccccc1Br. The average Bonchev–Trinajstić information content (AvgIpc) is 3.02. The zero-order chi connectivity index (χ0) is 16.2. The molecule has 0 aromatic heterocycles. The highest BCUT2D eigenvalue weighted by atomic mass is 79.9. The van der Waals surface area contributed by atoms with Gasteiger partial charge in [0.15, 0.2) is 0 Å². The van der Waals surface area contributed by atoms with E-state index in [2.05, 4.69) is 26.7 Å². The second-order valence-corrected chi connectivity index (χ2v) is 6.27. The standard InChI is InChI=1S/C17H14BrClN2O2/c18-14-7-3-1-5-12(14)17(22)20-10-11-9-16(21-23-11)13-6-2-4-8-15(13)19/h1-9,11,21H,10H2,(H,20,22)/t11-/m1/s1. The molecular formula is C17H14BrClN2O2. The largest absolute Gasteiger partial charge is 0.349 e. The number of carbonyl (C=O) groups is 1. The lowest BCUT2D eigenvalue weighted by molar-refractivity contribution is 0.0498.